The zero-order valence-electron chi connectivity index (χ0n) is 15.7. The van der Waals surface area contributed by atoms with Gasteiger partial charge < -0.3 is 24.8 Å². The molecule has 0 saturated carbocycles. The van der Waals surface area contributed by atoms with E-state index < -0.39 is 0 Å². The molecule has 0 aromatic heterocycles. The fraction of sp³-hybridized carbons (Fsp3) is 0.350. The van der Waals surface area contributed by atoms with Gasteiger partial charge in [-0.05, 0) is 18.1 Å². The number of nitrogens with one attached hydrogen (secondary N) is 2. The van der Waals surface area contributed by atoms with Crippen LogP contribution in [0.2, 0.25) is 0 Å². The topological polar surface area (TPSA) is 68.8 Å². The van der Waals surface area contributed by atoms with Crippen LogP contribution in [0.4, 0.5) is 5.69 Å². The lowest BCUT2D eigenvalue weighted by Gasteiger charge is -2.15. The molecule has 2 N–H and O–H groups in total. The van der Waals surface area contributed by atoms with Gasteiger partial charge in [0.25, 0.3) is 0 Å². The molecule has 0 aliphatic rings. The second-order valence-electron chi connectivity index (χ2n) is 5.79. The number of hydrogen-bond acceptors (Lipinski definition) is 5. The van der Waals surface area contributed by atoms with Gasteiger partial charge in [-0.25, -0.2) is 0 Å². The maximum absolute atomic E-state index is 12.0. The van der Waals surface area contributed by atoms with Crippen molar-refractivity contribution in [3.05, 3.63) is 47.5 Å². The third kappa shape index (κ3) is 5.05. The van der Waals surface area contributed by atoms with Crippen LogP contribution in [0, 0.1) is 6.92 Å². The summed E-state index contributed by atoms with van der Waals surface area (Å²) < 4.78 is 15.9. The molecular formula is C20H26N2O4. The molecule has 0 aliphatic heterocycles. The fourth-order valence-electron chi connectivity index (χ4n) is 2.59. The van der Waals surface area contributed by atoms with Gasteiger partial charge in [0, 0.05) is 37.3 Å². The van der Waals surface area contributed by atoms with E-state index in [2.05, 4.69) is 10.6 Å². The number of benzene rings is 2. The second-order valence-corrected chi connectivity index (χ2v) is 5.79. The molecule has 1 amide bonds. The molecule has 0 bridgehead atoms. The summed E-state index contributed by atoms with van der Waals surface area (Å²) in [7, 11) is 4.70. The van der Waals surface area contributed by atoms with Crippen molar-refractivity contribution in [3.8, 4) is 17.2 Å². The molecule has 0 heterocycles. The Labute approximate surface area is 154 Å². The molecule has 2 aromatic carbocycles. The highest BCUT2D eigenvalue weighted by molar-refractivity contribution is 5.76. The predicted molar refractivity (Wildman–Crippen MR) is 102 cm³/mol. The summed E-state index contributed by atoms with van der Waals surface area (Å²) in [4.78, 5) is 12.0. The molecule has 0 radical (unpaired) electrons. The lowest BCUT2D eigenvalue weighted by molar-refractivity contribution is -0.121. The van der Waals surface area contributed by atoms with Crippen molar-refractivity contribution in [2.24, 2.45) is 0 Å². The van der Waals surface area contributed by atoms with E-state index in [4.69, 9.17) is 14.2 Å². The number of carbonyl (C=O) groups excluding carboxylic acids is 1. The van der Waals surface area contributed by atoms with Crippen molar-refractivity contribution in [1.29, 1.82) is 0 Å². The monoisotopic (exact) mass is 358 g/mol. The Hall–Kier alpha value is -2.89. The maximum atomic E-state index is 12.0. The lowest BCUT2D eigenvalue weighted by Crippen LogP contribution is -2.25. The first-order valence-corrected chi connectivity index (χ1v) is 8.44. The number of carbonyl (C=O) groups is 1. The molecule has 0 unspecified atom stereocenters. The summed E-state index contributed by atoms with van der Waals surface area (Å²) in [5, 5.41) is 6.15. The van der Waals surface area contributed by atoms with Gasteiger partial charge in [0.2, 0.25) is 11.7 Å². The Bertz CT molecular complexity index is 721. The number of methoxy groups -OCH3 is 3. The van der Waals surface area contributed by atoms with Crippen molar-refractivity contribution in [2.75, 3.05) is 33.2 Å². The van der Waals surface area contributed by atoms with E-state index in [-0.39, 0.29) is 5.91 Å². The number of anilines is 1. The number of amides is 1. The standard InChI is InChI=1S/C20H26N2O4/c1-14-7-5-6-8-15(14)13-22-19(23)9-10-21-16-11-17(24-2)20(26-4)18(12-16)25-3/h5-8,11-12,21H,9-10,13H2,1-4H3,(H,22,23). The highest BCUT2D eigenvalue weighted by Crippen LogP contribution is 2.39. The van der Waals surface area contributed by atoms with E-state index in [1.807, 2.05) is 43.3 Å². The van der Waals surface area contributed by atoms with E-state index in [0.29, 0.717) is 36.8 Å². The molecule has 0 spiro atoms. The smallest absolute Gasteiger partial charge is 0.222 e. The van der Waals surface area contributed by atoms with Gasteiger partial charge in [0.05, 0.1) is 21.3 Å². The van der Waals surface area contributed by atoms with Gasteiger partial charge in [0.15, 0.2) is 11.5 Å². The van der Waals surface area contributed by atoms with Crippen LogP contribution in [0.3, 0.4) is 0 Å². The number of ether oxygens (including phenoxy) is 3. The Balaban J connectivity index is 1.87. The van der Waals surface area contributed by atoms with E-state index in [0.717, 1.165) is 11.3 Å². The van der Waals surface area contributed by atoms with Crippen molar-refractivity contribution in [3.63, 3.8) is 0 Å². The van der Waals surface area contributed by atoms with Gasteiger partial charge in [-0.3, -0.25) is 4.79 Å². The van der Waals surface area contributed by atoms with Crippen LogP contribution in [0.1, 0.15) is 17.5 Å². The van der Waals surface area contributed by atoms with Crippen LogP contribution >= 0.6 is 0 Å². The number of hydrogen-bond donors (Lipinski definition) is 2. The molecular weight excluding hydrogens is 332 g/mol. The van der Waals surface area contributed by atoms with Crippen molar-refractivity contribution < 1.29 is 19.0 Å². The van der Waals surface area contributed by atoms with Crippen LogP contribution in [-0.4, -0.2) is 33.8 Å². The van der Waals surface area contributed by atoms with Crippen molar-refractivity contribution in [1.82, 2.24) is 5.32 Å². The molecule has 140 valence electrons. The van der Waals surface area contributed by atoms with E-state index >= 15 is 0 Å². The van der Waals surface area contributed by atoms with Gasteiger partial charge in [-0.1, -0.05) is 24.3 Å². The molecule has 26 heavy (non-hydrogen) atoms. The van der Waals surface area contributed by atoms with Crippen LogP contribution < -0.4 is 24.8 Å². The summed E-state index contributed by atoms with van der Waals surface area (Å²) in [6.07, 6.45) is 0.364. The third-order valence-electron chi connectivity index (χ3n) is 4.08. The van der Waals surface area contributed by atoms with Crippen LogP contribution in [0.5, 0.6) is 17.2 Å². The Kier molecular flexibility index (Phi) is 7.14. The largest absolute Gasteiger partial charge is 0.493 e. The predicted octanol–water partition coefficient (Wildman–Crippen LogP) is 3.14. The zero-order chi connectivity index (χ0) is 18.9. The molecule has 0 aliphatic carbocycles. The normalized spacial score (nSPS) is 10.2. The SMILES string of the molecule is COc1cc(NCCC(=O)NCc2ccccc2C)cc(OC)c1OC. The van der Waals surface area contributed by atoms with Gasteiger partial charge in [0.1, 0.15) is 0 Å². The van der Waals surface area contributed by atoms with Crippen LogP contribution in [0.25, 0.3) is 0 Å². The Morgan fingerprint density at radius 1 is 1.00 bits per heavy atom. The van der Waals surface area contributed by atoms with E-state index in [1.54, 1.807) is 21.3 Å². The molecule has 6 nitrogen and oxygen atoms in total. The van der Waals surface area contributed by atoms with E-state index in [1.165, 1.54) is 5.56 Å². The van der Waals surface area contributed by atoms with Crippen molar-refractivity contribution in [2.45, 2.75) is 19.9 Å². The first-order chi connectivity index (χ1) is 12.6. The average Bonchev–Trinajstić information content (AvgIpc) is 2.66. The fourth-order valence-corrected chi connectivity index (χ4v) is 2.59. The van der Waals surface area contributed by atoms with Gasteiger partial charge >= 0.3 is 0 Å². The number of aryl methyl sites for hydroxylation is 1. The molecule has 6 heteroatoms. The maximum Gasteiger partial charge on any atom is 0.222 e. The third-order valence-corrected chi connectivity index (χ3v) is 4.08. The van der Waals surface area contributed by atoms with Gasteiger partial charge in [-0.15, -0.1) is 0 Å². The minimum Gasteiger partial charge on any atom is -0.493 e. The summed E-state index contributed by atoms with van der Waals surface area (Å²) in [5.41, 5.74) is 3.09. The highest BCUT2D eigenvalue weighted by Gasteiger charge is 2.13. The molecule has 2 aromatic rings. The van der Waals surface area contributed by atoms with Gasteiger partial charge in [-0.2, -0.15) is 0 Å². The molecule has 0 saturated heterocycles. The summed E-state index contributed by atoms with van der Waals surface area (Å²) in [6.45, 7) is 3.07. The second kappa shape index (κ2) is 9.56. The summed E-state index contributed by atoms with van der Waals surface area (Å²) >= 11 is 0. The molecule has 0 fully saturated rings. The average molecular weight is 358 g/mol. The molecule has 0 atom stereocenters. The van der Waals surface area contributed by atoms with Crippen LogP contribution in [-0.2, 0) is 11.3 Å². The minimum absolute atomic E-state index is 0.00630. The first kappa shape index (κ1) is 19.4. The quantitative estimate of drug-likeness (QED) is 0.721. The highest BCUT2D eigenvalue weighted by atomic mass is 16.5. The molecule has 2 rings (SSSR count). The first-order valence-electron chi connectivity index (χ1n) is 8.44. The Morgan fingerprint density at radius 3 is 2.23 bits per heavy atom. The Morgan fingerprint density at radius 2 is 1.65 bits per heavy atom. The lowest BCUT2D eigenvalue weighted by atomic mass is 10.1. The summed E-state index contributed by atoms with van der Waals surface area (Å²) in [6, 6.07) is 11.6. The van der Waals surface area contributed by atoms with E-state index in [9.17, 15) is 4.79 Å². The van der Waals surface area contributed by atoms with Crippen molar-refractivity contribution >= 4 is 11.6 Å². The minimum atomic E-state index is -0.00630. The summed E-state index contributed by atoms with van der Waals surface area (Å²) in [5.74, 6) is 1.67. The van der Waals surface area contributed by atoms with Crippen LogP contribution in [0.15, 0.2) is 36.4 Å². The number of rotatable bonds is 9. The zero-order valence-corrected chi connectivity index (χ0v) is 15.7.